The third-order valence-corrected chi connectivity index (χ3v) is 50.8. The molecule has 206 valence electrons. The average Bonchev–Trinajstić information content (AvgIpc) is 2.58. The van der Waals surface area contributed by atoms with Gasteiger partial charge in [0, 0.05) is 0 Å². The molecule has 0 N–H and O–H groups in total. The van der Waals surface area contributed by atoms with Gasteiger partial charge in [-0.05, 0) is 0 Å². The van der Waals surface area contributed by atoms with Crippen LogP contribution in [0.2, 0.25) is 0 Å². The molecular weight excluding hydrogens is 1970 g/mol. The van der Waals surface area contributed by atoms with E-state index in [9.17, 15) is 0 Å². The highest BCUT2D eigenvalue weighted by Gasteiger charge is 2.80. The van der Waals surface area contributed by atoms with Crippen LogP contribution >= 0.6 is 366 Å². The lowest BCUT2D eigenvalue weighted by molar-refractivity contribution is 0.560. The molecule has 0 fully saturated rings. The fourth-order valence-electron chi connectivity index (χ4n) is 1.71. The van der Waals surface area contributed by atoms with Crippen LogP contribution in [0.4, 0.5) is 0 Å². The Kier molecular flexibility index (Phi) is 19.7. The molecule has 0 rings (SSSR count). The maximum absolute atomic E-state index is 3.91. The summed E-state index contributed by atoms with van der Waals surface area (Å²) in [6, 6.07) is 0. The van der Waals surface area contributed by atoms with Gasteiger partial charge in [0.1, 0.15) is 29.1 Å². The van der Waals surface area contributed by atoms with Crippen LogP contribution in [0, 0.1) is 0 Å². The minimum Gasteiger partial charge on any atom is -0.0739 e. The first-order valence-corrected chi connectivity index (χ1v) is 25.4. The van der Waals surface area contributed by atoms with Gasteiger partial charge in [-0.2, -0.15) is 0 Å². The summed E-state index contributed by atoms with van der Waals surface area (Å²) >= 11 is 87.2. The number of alkyl halides is 23. The van der Waals surface area contributed by atoms with E-state index in [1.165, 1.54) is 0 Å². The predicted molar refractivity (Wildman–Crippen MR) is 236 cm³/mol. The van der Waals surface area contributed by atoms with E-state index in [1.807, 2.05) is 0 Å². The lowest BCUT2D eigenvalue weighted by Gasteiger charge is -2.59. The summed E-state index contributed by atoms with van der Waals surface area (Å²) in [6.07, 6.45) is 0. The summed E-state index contributed by atoms with van der Waals surface area (Å²) in [5.41, 5.74) is 0. The van der Waals surface area contributed by atoms with Gasteiger partial charge in [0.15, 0.2) is 2.14 Å². The Hall–Kier alpha value is 11.0. The molecule has 0 aliphatic heterocycles. The fourth-order valence-corrected chi connectivity index (χ4v) is 23.0. The van der Waals surface area contributed by atoms with E-state index in [0.29, 0.717) is 0 Å². The van der Waals surface area contributed by atoms with Gasteiger partial charge in [0.05, 0.1) is 3.74 Å². The van der Waals surface area contributed by atoms with Crippen molar-refractivity contribution in [3.63, 3.8) is 0 Å². The molecule has 0 aromatic carbocycles. The largest absolute Gasteiger partial charge is 0.162 e. The Morgan fingerprint density at radius 1 is 0.265 bits per heavy atom. The SMILES string of the molecule is BrC(Br)C(Br)(Br)C(Br)(Br)C(Br)(Br)C(Br)(Br)C(Br)(Br)C(Br)(Br)C(Br)(Br)C(Br)(Br)C(Br)(Br)C(Br)(Br)Br. The third kappa shape index (κ3) is 7.91. The molecule has 0 saturated heterocycles. The molecule has 0 aromatic rings. The van der Waals surface area contributed by atoms with Crippen LogP contribution < -0.4 is 0 Å². The lowest BCUT2D eigenvalue weighted by Crippen LogP contribution is -2.70. The molecule has 0 unspecified atom stereocenters. The van der Waals surface area contributed by atoms with Crippen LogP contribution in [0.15, 0.2) is 0 Å². The van der Waals surface area contributed by atoms with Crippen LogP contribution in [0.3, 0.4) is 0 Å². The molecule has 0 radical (unpaired) electrons. The van der Waals surface area contributed by atoms with Crippen molar-refractivity contribution in [2.45, 2.75) is 35.0 Å². The molecule has 0 nitrogen and oxygen atoms in total. The lowest BCUT2D eigenvalue weighted by atomic mass is 10.1. The first-order valence-electron chi connectivity index (χ1n) is 6.94. The third-order valence-electron chi connectivity index (χ3n) is 3.81. The van der Waals surface area contributed by atoms with E-state index in [4.69, 9.17) is 0 Å². The molecular formula is C11HBr23. The Morgan fingerprint density at radius 2 is 0.441 bits per heavy atom. The molecule has 34 heavy (non-hydrogen) atoms. The summed E-state index contributed by atoms with van der Waals surface area (Å²) in [5, 5.41) is 0. The zero-order valence-electron chi connectivity index (χ0n) is 14.3. The Balaban J connectivity index is 7.08. The summed E-state index contributed by atoms with van der Waals surface area (Å²) in [4.78, 5) is 0. The molecule has 0 spiro atoms. The fraction of sp³-hybridized carbons (Fsp3) is 1.00. The molecule has 0 heterocycles. The average molecular weight is 1970 g/mol. The van der Waals surface area contributed by atoms with E-state index in [-0.39, 0.29) is 3.74 Å². The second kappa shape index (κ2) is 14.9. The van der Waals surface area contributed by atoms with Gasteiger partial charge in [0.2, 0.25) is 0 Å². The number of halogens is 23. The van der Waals surface area contributed by atoms with Crippen LogP contribution in [0.1, 0.15) is 0 Å². The summed E-state index contributed by atoms with van der Waals surface area (Å²) in [6.45, 7) is 0. The highest BCUT2D eigenvalue weighted by Crippen LogP contribution is 2.80. The van der Waals surface area contributed by atoms with Gasteiger partial charge in [-0.1, -0.05) is 366 Å². The highest BCUT2D eigenvalue weighted by molar-refractivity contribution is 9.42. The second-order valence-corrected chi connectivity index (χ2v) is 46.9. The zero-order chi connectivity index (χ0) is 28.6. The van der Waals surface area contributed by atoms with E-state index in [0.717, 1.165) is 0 Å². The van der Waals surface area contributed by atoms with Crippen LogP contribution in [0.5, 0.6) is 0 Å². The first kappa shape index (κ1) is 45.0. The van der Waals surface area contributed by atoms with Gasteiger partial charge >= 0.3 is 0 Å². The number of hydrogen-bond donors (Lipinski definition) is 0. The van der Waals surface area contributed by atoms with Gasteiger partial charge in [-0.3, -0.25) is 0 Å². The monoisotopic (exact) mass is 1950 g/mol. The van der Waals surface area contributed by atoms with E-state index >= 15 is 0 Å². The van der Waals surface area contributed by atoms with Crippen molar-refractivity contribution in [2.24, 2.45) is 0 Å². The molecule has 0 aliphatic carbocycles. The molecule has 0 atom stereocenters. The predicted octanol–water partition coefficient (Wildman–Crippen LogP) is 17.3. The zero-order valence-corrected chi connectivity index (χ0v) is 50.7. The van der Waals surface area contributed by atoms with Crippen molar-refractivity contribution in [1.29, 1.82) is 0 Å². The standard InChI is InChI=1S/C11HBr23/c12-1(13)2(14,15)3(16,17)4(18,19)5(20,21)6(22,23)7(24,25)8(26,27)9(28,29)10(30,31)11(32,33)34/h1H. The maximum Gasteiger partial charge on any atom is 0.162 e. The Labute approximate surface area is 391 Å². The molecule has 0 aromatic heterocycles. The van der Waals surface area contributed by atoms with Crippen molar-refractivity contribution in [3.05, 3.63) is 0 Å². The number of rotatable bonds is 9. The number of hydrogen-bond acceptors (Lipinski definition) is 0. The second-order valence-electron chi connectivity index (χ2n) is 6.02. The van der Waals surface area contributed by atoms with Crippen molar-refractivity contribution < 1.29 is 0 Å². The summed E-state index contributed by atoms with van der Waals surface area (Å²) in [5.74, 6) is 0. The van der Waals surface area contributed by atoms with Crippen molar-refractivity contribution in [2.75, 3.05) is 0 Å². The normalized spacial score (nSPS) is 16.9. The Morgan fingerprint density at radius 3 is 0.618 bits per heavy atom. The quantitative estimate of drug-likeness (QED) is 0.202. The van der Waals surface area contributed by atoms with Crippen molar-refractivity contribution in [1.82, 2.24) is 0 Å². The summed E-state index contributed by atoms with van der Waals surface area (Å²) < 4.78 is -10.1. The van der Waals surface area contributed by atoms with E-state index in [1.54, 1.807) is 0 Å². The first-order chi connectivity index (χ1) is 14.2. The molecule has 23 heteroatoms. The topological polar surface area (TPSA) is 0 Å². The van der Waals surface area contributed by atoms with Gasteiger partial charge in [-0.25, -0.2) is 0 Å². The molecule has 0 aliphatic rings. The van der Waals surface area contributed by atoms with E-state index < -0.39 is 31.2 Å². The minimum atomic E-state index is -1.10. The molecule has 0 amide bonds. The van der Waals surface area contributed by atoms with Crippen LogP contribution in [-0.2, 0) is 0 Å². The van der Waals surface area contributed by atoms with Gasteiger partial charge in [-0.15, -0.1) is 0 Å². The van der Waals surface area contributed by atoms with Crippen molar-refractivity contribution >= 4 is 366 Å². The van der Waals surface area contributed by atoms with E-state index in [2.05, 4.69) is 366 Å². The smallest absolute Gasteiger partial charge is 0.0739 e. The van der Waals surface area contributed by atoms with Crippen molar-refractivity contribution in [3.8, 4) is 0 Å². The minimum absolute atomic E-state index is 0.231. The molecule has 0 saturated carbocycles. The van der Waals surface area contributed by atoms with Gasteiger partial charge < -0.3 is 0 Å². The highest BCUT2D eigenvalue weighted by atomic mass is 80.0. The molecule has 0 bridgehead atoms. The Bertz CT molecular complexity index is 737. The summed E-state index contributed by atoms with van der Waals surface area (Å²) in [7, 11) is 0. The maximum atomic E-state index is 3.91. The van der Waals surface area contributed by atoms with Gasteiger partial charge in [0.25, 0.3) is 0 Å². The van der Waals surface area contributed by atoms with Crippen LogP contribution in [0.25, 0.3) is 0 Å². The van der Waals surface area contributed by atoms with Crippen LogP contribution in [-0.4, -0.2) is 35.0 Å².